The van der Waals surface area contributed by atoms with E-state index >= 15 is 0 Å². The largest absolute Gasteiger partial charge is 0.413 e. The second kappa shape index (κ2) is 4.63. The van der Waals surface area contributed by atoms with Crippen LogP contribution in [0, 0.1) is 0 Å². The standard InChI is InChI=1S/C9H21ClOSi/c1-9(2,7-6-8-10)11-12(3,4)5/h6-8H2,1-5H3. The van der Waals surface area contributed by atoms with Crippen LogP contribution in [0.15, 0.2) is 0 Å². The summed E-state index contributed by atoms with van der Waals surface area (Å²) in [6, 6.07) is 0. The number of hydrogen-bond donors (Lipinski definition) is 0. The molecule has 1 nitrogen and oxygen atoms in total. The van der Waals surface area contributed by atoms with Crippen LogP contribution in [0.1, 0.15) is 26.7 Å². The van der Waals surface area contributed by atoms with E-state index in [1.54, 1.807) is 0 Å². The average molecular weight is 209 g/mol. The van der Waals surface area contributed by atoms with Gasteiger partial charge in [0.15, 0.2) is 8.32 Å². The van der Waals surface area contributed by atoms with E-state index in [0.717, 1.165) is 18.7 Å². The molecule has 12 heavy (non-hydrogen) atoms. The van der Waals surface area contributed by atoms with Crippen LogP contribution in [-0.4, -0.2) is 19.8 Å². The van der Waals surface area contributed by atoms with Gasteiger partial charge >= 0.3 is 0 Å². The Hall–Kier alpha value is 0.467. The fourth-order valence-corrected chi connectivity index (χ4v) is 3.27. The lowest BCUT2D eigenvalue weighted by Crippen LogP contribution is -2.38. The summed E-state index contributed by atoms with van der Waals surface area (Å²) in [4.78, 5) is 0. The van der Waals surface area contributed by atoms with Crippen molar-refractivity contribution in [3.63, 3.8) is 0 Å². The Morgan fingerprint density at radius 3 is 2.08 bits per heavy atom. The molecule has 0 unspecified atom stereocenters. The molecule has 0 aromatic rings. The van der Waals surface area contributed by atoms with Crippen LogP contribution in [0.3, 0.4) is 0 Å². The predicted octanol–water partition coefficient (Wildman–Crippen LogP) is 3.64. The van der Waals surface area contributed by atoms with Crippen molar-refractivity contribution in [2.45, 2.75) is 51.9 Å². The second-order valence-corrected chi connectivity index (χ2v) is 9.57. The zero-order valence-corrected chi connectivity index (χ0v) is 10.7. The third-order valence-corrected chi connectivity index (χ3v) is 2.93. The van der Waals surface area contributed by atoms with Crippen molar-refractivity contribution >= 4 is 19.9 Å². The molecule has 0 amide bonds. The summed E-state index contributed by atoms with van der Waals surface area (Å²) in [5.74, 6) is 0.735. The minimum absolute atomic E-state index is 0.0133. The maximum absolute atomic E-state index is 6.01. The van der Waals surface area contributed by atoms with Crippen LogP contribution in [0.2, 0.25) is 19.6 Å². The Morgan fingerprint density at radius 2 is 1.75 bits per heavy atom. The zero-order chi connectivity index (χ0) is 9.83. The molecule has 3 heteroatoms. The van der Waals surface area contributed by atoms with Crippen molar-refractivity contribution < 1.29 is 4.43 Å². The van der Waals surface area contributed by atoms with E-state index in [9.17, 15) is 0 Å². The number of halogens is 1. The number of alkyl halides is 1. The summed E-state index contributed by atoms with van der Waals surface area (Å²) >= 11 is 5.63. The molecule has 74 valence electrons. The maximum atomic E-state index is 6.01. The minimum atomic E-state index is -1.39. The number of rotatable bonds is 5. The van der Waals surface area contributed by atoms with Gasteiger partial charge in [0.25, 0.3) is 0 Å². The summed E-state index contributed by atoms with van der Waals surface area (Å²) in [5, 5.41) is 0. The van der Waals surface area contributed by atoms with Gasteiger partial charge in [0.05, 0.1) is 5.60 Å². The van der Waals surface area contributed by atoms with E-state index < -0.39 is 8.32 Å². The van der Waals surface area contributed by atoms with E-state index in [-0.39, 0.29) is 5.60 Å². The normalized spacial score (nSPS) is 13.5. The Labute approximate surface area is 82.6 Å². The molecule has 0 bridgehead atoms. The molecule has 0 aromatic heterocycles. The van der Waals surface area contributed by atoms with Gasteiger partial charge in [0.2, 0.25) is 0 Å². The average Bonchev–Trinajstić information content (AvgIpc) is 1.78. The summed E-state index contributed by atoms with van der Waals surface area (Å²) in [6.45, 7) is 11.0. The molecule has 0 saturated carbocycles. The van der Waals surface area contributed by atoms with Crippen molar-refractivity contribution in [2.24, 2.45) is 0 Å². The minimum Gasteiger partial charge on any atom is -0.413 e. The molecular formula is C9H21ClOSi. The zero-order valence-electron chi connectivity index (χ0n) is 8.91. The van der Waals surface area contributed by atoms with Crippen molar-refractivity contribution in [3.8, 4) is 0 Å². The molecule has 0 rings (SSSR count). The van der Waals surface area contributed by atoms with Crippen LogP contribution in [0.25, 0.3) is 0 Å². The molecular weight excluding hydrogens is 188 g/mol. The lowest BCUT2D eigenvalue weighted by Gasteiger charge is -2.33. The van der Waals surface area contributed by atoms with Crippen molar-refractivity contribution in [3.05, 3.63) is 0 Å². The SMILES string of the molecule is CC(C)(CCCCl)O[Si](C)(C)C. The first-order valence-electron chi connectivity index (χ1n) is 4.53. The van der Waals surface area contributed by atoms with Gasteiger partial charge in [0, 0.05) is 5.88 Å². The van der Waals surface area contributed by atoms with E-state index in [4.69, 9.17) is 16.0 Å². The van der Waals surface area contributed by atoms with Gasteiger partial charge in [-0.15, -0.1) is 11.6 Å². The van der Waals surface area contributed by atoms with Crippen molar-refractivity contribution in [2.75, 3.05) is 5.88 Å². The van der Waals surface area contributed by atoms with Gasteiger partial charge in [-0.1, -0.05) is 0 Å². The first kappa shape index (κ1) is 12.5. The first-order chi connectivity index (χ1) is 5.27. The summed E-state index contributed by atoms with van der Waals surface area (Å²) in [6.07, 6.45) is 2.10. The topological polar surface area (TPSA) is 9.23 Å². The summed E-state index contributed by atoms with van der Waals surface area (Å²) in [7, 11) is -1.39. The Balaban J connectivity index is 3.86. The molecule has 0 atom stereocenters. The van der Waals surface area contributed by atoms with Gasteiger partial charge in [-0.3, -0.25) is 0 Å². The maximum Gasteiger partial charge on any atom is 0.184 e. The van der Waals surface area contributed by atoms with E-state index in [1.807, 2.05) is 0 Å². The molecule has 0 aliphatic heterocycles. The lowest BCUT2D eigenvalue weighted by molar-refractivity contribution is 0.0907. The highest BCUT2D eigenvalue weighted by atomic mass is 35.5. The van der Waals surface area contributed by atoms with Gasteiger partial charge in [-0.2, -0.15) is 0 Å². The first-order valence-corrected chi connectivity index (χ1v) is 8.47. The third kappa shape index (κ3) is 7.13. The van der Waals surface area contributed by atoms with Crippen molar-refractivity contribution in [1.29, 1.82) is 0 Å². The van der Waals surface area contributed by atoms with E-state index in [2.05, 4.69) is 33.5 Å². The summed E-state index contributed by atoms with van der Waals surface area (Å²) in [5.41, 5.74) is 0.0133. The van der Waals surface area contributed by atoms with Crippen molar-refractivity contribution in [1.82, 2.24) is 0 Å². The van der Waals surface area contributed by atoms with E-state index in [0.29, 0.717) is 0 Å². The van der Waals surface area contributed by atoms with Gasteiger partial charge in [0.1, 0.15) is 0 Å². The highest BCUT2D eigenvalue weighted by molar-refractivity contribution is 6.69. The van der Waals surface area contributed by atoms with Crippen LogP contribution in [-0.2, 0) is 4.43 Å². The van der Waals surface area contributed by atoms with Gasteiger partial charge < -0.3 is 4.43 Å². The molecule has 0 radical (unpaired) electrons. The Morgan fingerprint density at radius 1 is 1.25 bits per heavy atom. The number of hydrogen-bond acceptors (Lipinski definition) is 1. The van der Waals surface area contributed by atoms with Crippen LogP contribution >= 0.6 is 11.6 Å². The monoisotopic (exact) mass is 208 g/mol. The molecule has 0 N–H and O–H groups in total. The molecule has 0 aliphatic rings. The summed E-state index contributed by atoms with van der Waals surface area (Å²) < 4.78 is 6.01. The quantitative estimate of drug-likeness (QED) is 0.495. The Bertz CT molecular complexity index is 129. The second-order valence-electron chi connectivity index (χ2n) is 4.77. The molecule has 0 aromatic carbocycles. The highest BCUT2D eigenvalue weighted by Gasteiger charge is 2.26. The molecule has 0 aliphatic carbocycles. The predicted molar refractivity (Wildman–Crippen MR) is 58.5 cm³/mol. The highest BCUT2D eigenvalue weighted by Crippen LogP contribution is 2.22. The fraction of sp³-hybridized carbons (Fsp3) is 1.00. The molecule has 0 spiro atoms. The van der Waals surface area contributed by atoms with Gasteiger partial charge in [-0.05, 0) is 46.3 Å². The smallest absolute Gasteiger partial charge is 0.184 e. The van der Waals surface area contributed by atoms with Crippen LogP contribution in [0.4, 0.5) is 0 Å². The fourth-order valence-electron chi connectivity index (χ4n) is 1.37. The molecule has 0 heterocycles. The lowest BCUT2D eigenvalue weighted by atomic mass is 10.0. The third-order valence-electron chi connectivity index (χ3n) is 1.49. The molecule has 0 saturated heterocycles. The van der Waals surface area contributed by atoms with Crippen LogP contribution in [0.5, 0.6) is 0 Å². The van der Waals surface area contributed by atoms with Crippen LogP contribution < -0.4 is 0 Å². The van der Waals surface area contributed by atoms with E-state index in [1.165, 1.54) is 0 Å². The molecule has 0 fully saturated rings. The Kier molecular flexibility index (Phi) is 4.81. The van der Waals surface area contributed by atoms with Gasteiger partial charge in [-0.25, -0.2) is 0 Å².